The van der Waals surface area contributed by atoms with Gasteiger partial charge in [0, 0.05) is 5.69 Å². The lowest BCUT2D eigenvalue weighted by atomic mass is 9.87. The first-order chi connectivity index (χ1) is 17.2. The van der Waals surface area contributed by atoms with Crippen molar-refractivity contribution in [1.82, 2.24) is 5.32 Å². The summed E-state index contributed by atoms with van der Waals surface area (Å²) in [6.07, 6.45) is 2.37. The molecule has 36 heavy (non-hydrogen) atoms. The van der Waals surface area contributed by atoms with Gasteiger partial charge >= 0.3 is 13.6 Å². The molecule has 2 amide bonds. The quantitative estimate of drug-likeness (QED) is 0.364. The molecule has 1 saturated carbocycles. The van der Waals surface area contributed by atoms with Crippen LogP contribution in [0, 0.1) is 5.41 Å². The van der Waals surface area contributed by atoms with Gasteiger partial charge in [0.1, 0.15) is 19.2 Å². The van der Waals surface area contributed by atoms with Crippen molar-refractivity contribution in [2.45, 2.75) is 51.2 Å². The maximum absolute atomic E-state index is 13.6. The van der Waals surface area contributed by atoms with E-state index in [1.165, 1.54) is 4.90 Å². The number of hydrogen-bond donors (Lipinski definition) is 3. The SMILES string of the molecule is O=C(CN1C(=O)[C@@H](NC(=O)C2(CP(=O)(O)O)CCCC2)CCc2ccccc21)OCc1ccccc1. The summed E-state index contributed by atoms with van der Waals surface area (Å²) in [7, 11) is -4.44. The molecule has 0 aromatic heterocycles. The number of benzene rings is 2. The Morgan fingerprint density at radius 3 is 2.42 bits per heavy atom. The van der Waals surface area contributed by atoms with E-state index >= 15 is 0 Å². The molecule has 0 saturated heterocycles. The van der Waals surface area contributed by atoms with E-state index < -0.39 is 43.0 Å². The Labute approximate surface area is 210 Å². The third-order valence-electron chi connectivity index (χ3n) is 6.94. The minimum atomic E-state index is -4.44. The zero-order chi connectivity index (χ0) is 25.8. The zero-order valence-electron chi connectivity index (χ0n) is 20.0. The minimum Gasteiger partial charge on any atom is -0.459 e. The fourth-order valence-electron chi connectivity index (χ4n) is 5.14. The zero-order valence-corrected chi connectivity index (χ0v) is 20.9. The molecule has 4 rings (SSSR count). The highest BCUT2D eigenvalue weighted by Crippen LogP contribution is 2.50. The van der Waals surface area contributed by atoms with E-state index in [0.717, 1.165) is 11.1 Å². The average molecular weight is 515 g/mol. The molecule has 1 atom stereocenters. The van der Waals surface area contributed by atoms with E-state index in [2.05, 4.69) is 5.32 Å². The maximum Gasteiger partial charge on any atom is 0.326 e. The number of ether oxygens (including phenoxy) is 1. The highest BCUT2D eigenvalue weighted by molar-refractivity contribution is 7.51. The molecule has 0 radical (unpaired) electrons. The number of anilines is 1. The molecule has 192 valence electrons. The van der Waals surface area contributed by atoms with Crippen molar-refractivity contribution in [2.24, 2.45) is 5.41 Å². The van der Waals surface area contributed by atoms with Gasteiger partial charge in [0.05, 0.1) is 11.6 Å². The first-order valence-electron chi connectivity index (χ1n) is 12.1. The third kappa shape index (κ3) is 6.22. The van der Waals surface area contributed by atoms with Crippen molar-refractivity contribution in [3.05, 3.63) is 65.7 Å². The Morgan fingerprint density at radius 2 is 1.72 bits per heavy atom. The van der Waals surface area contributed by atoms with Crippen LogP contribution in [0.4, 0.5) is 5.69 Å². The number of amides is 2. The van der Waals surface area contributed by atoms with Gasteiger partial charge in [-0.1, -0.05) is 61.4 Å². The first kappa shape index (κ1) is 26.1. The standard InChI is InChI=1S/C26H31N2O7P/c29-23(35-17-19-8-2-1-3-9-19)16-28-22-11-5-4-10-20(22)12-13-21(24(28)30)27-25(31)26(14-6-7-15-26)18-36(32,33)34/h1-5,8-11,21H,6-7,12-18H2,(H,27,31)(H2,32,33,34)/t21-/m0/s1. The van der Waals surface area contributed by atoms with Crippen molar-refractivity contribution in [3.8, 4) is 0 Å². The molecular weight excluding hydrogens is 483 g/mol. The number of carbonyl (C=O) groups excluding carboxylic acids is 3. The number of aryl methyl sites for hydroxylation is 1. The fraction of sp³-hybridized carbons (Fsp3) is 0.423. The van der Waals surface area contributed by atoms with Crippen LogP contribution in [-0.4, -0.2) is 46.3 Å². The van der Waals surface area contributed by atoms with Crippen molar-refractivity contribution in [2.75, 3.05) is 17.6 Å². The van der Waals surface area contributed by atoms with Gasteiger partial charge in [-0.2, -0.15) is 0 Å². The number of para-hydroxylation sites is 1. The topological polar surface area (TPSA) is 133 Å². The third-order valence-corrected chi connectivity index (χ3v) is 7.95. The van der Waals surface area contributed by atoms with Crippen molar-refractivity contribution in [1.29, 1.82) is 0 Å². The normalized spacial score (nSPS) is 19.3. The molecule has 0 spiro atoms. The van der Waals surface area contributed by atoms with E-state index in [4.69, 9.17) is 4.74 Å². The molecule has 2 aromatic rings. The van der Waals surface area contributed by atoms with Crippen LogP contribution in [0.2, 0.25) is 0 Å². The number of nitrogens with zero attached hydrogens (tertiary/aromatic N) is 1. The molecule has 0 unspecified atom stereocenters. The summed E-state index contributed by atoms with van der Waals surface area (Å²) in [6, 6.07) is 15.5. The lowest BCUT2D eigenvalue weighted by Gasteiger charge is -2.31. The highest BCUT2D eigenvalue weighted by atomic mass is 31.2. The number of nitrogens with one attached hydrogen (secondary N) is 1. The molecular formula is C26H31N2O7P. The number of rotatable bonds is 8. The molecule has 9 nitrogen and oxygen atoms in total. The van der Waals surface area contributed by atoms with Crippen molar-refractivity contribution >= 4 is 31.1 Å². The monoisotopic (exact) mass is 514 g/mol. The van der Waals surface area contributed by atoms with Crippen LogP contribution in [0.25, 0.3) is 0 Å². The predicted octanol–water partition coefficient (Wildman–Crippen LogP) is 2.93. The van der Waals surface area contributed by atoms with Gasteiger partial charge in [-0.05, 0) is 42.9 Å². The molecule has 3 N–H and O–H groups in total. The van der Waals surface area contributed by atoms with Crippen LogP contribution >= 0.6 is 7.60 Å². The van der Waals surface area contributed by atoms with E-state index in [1.54, 1.807) is 12.1 Å². The molecule has 1 aliphatic heterocycles. The first-order valence-corrected chi connectivity index (χ1v) is 13.9. The van der Waals surface area contributed by atoms with Gasteiger partial charge < -0.3 is 19.8 Å². The molecule has 0 bridgehead atoms. The lowest BCUT2D eigenvalue weighted by molar-refractivity contribution is -0.144. The summed E-state index contributed by atoms with van der Waals surface area (Å²) < 4.78 is 17.2. The summed E-state index contributed by atoms with van der Waals surface area (Å²) in [4.78, 5) is 60.2. The van der Waals surface area contributed by atoms with E-state index in [0.29, 0.717) is 44.2 Å². The van der Waals surface area contributed by atoms with Crippen molar-refractivity contribution in [3.63, 3.8) is 0 Å². The van der Waals surface area contributed by atoms with Gasteiger partial charge in [-0.15, -0.1) is 0 Å². The lowest BCUT2D eigenvalue weighted by Crippen LogP contribution is -2.53. The van der Waals surface area contributed by atoms with Crippen LogP contribution < -0.4 is 10.2 Å². The Morgan fingerprint density at radius 1 is 1.06 bits per heavy atom. The fourth-order valence-corrected chi connectivity index (χ4v) is 6.39. The molecule has 2 aliphatic rings. The molecule has 1 heterocycles. The second kappa shape index (κ2) is 10.9. The Kier molecular flexibility index (Phi) is 7.93. The second-order valence-electron chi connectivity index (χ2n) is 9.57. The molecule has 1 aliphatic carbocycles. The molecule has 10 heteroatoms. The Bertz CT molecular complexity index is 1160. The summed E-state index contributed by atoms with van der Waals surface area (Å²) in [5.41, 5.74) is 1.08. The average Bonchev–Trinajstić information content (AvgIpc) is 3.27. The molecule has 1 fully saturated rings. The summed E-state index contributed by atoms with van der Waals surface area (Å²) in [5.74, 6) is -1.55. The number of esters is 1. The van der Waals surface area contributed by atoms with E-state index in [9.17, 15) is 28.7 Å². The van der Waals surface area contributed by atoms with Gasteiger partial charge in [0.25, 0.3) is 0 Å². The Hall–Kier alpha value is -3.00. The van der Waals surface area contributed by atoms with Crippen molar-refractivity contribution < 1.29 is 33.5 Å². The summed E-state index contributed by atoms with van der Waals surface area (Å²) in [5, 5.41) is 2.78. The number of fused-ring (bicyclic) bond motifs is 1. The summed E-state index contributed by atoms with van der Waals surface area (Å²) in [6.45, 7) is -0.239. The van der Waals surface area contributed by atoms with Crippen LogP contribution in [0.1, 0.15) is 43.2 Å². The maximum atomic E-state index is 13.6. The van der Waals surface area contributed by atoms with Gasteiger partial charge in [-0.25, -0.2) is 0 Å². The van der Waals surface area contributed by atoms with E-state index in [1.807, 2.05) is 42.5 Å². The van der Waals surface area contributed by atoms with Crippen LogP contribution in [0.5, 0.6) is 0 Å². The van der Waals surface area contributed by atoms with Gasteiger partial charge in [0.15, 0.2) is 0 Å². The minimum absolute atomic E-state index is 0.0778. The summed E-state index contributed by atoms with van der Waals surface area (Å²) >= 11 is 0. The predicted molar refractivity (Wildman–Crippen MR) is 133 cm³/mol. The molecule has 2 aromatic carbocycles. The van der Waals surface area contributed by atoms with Crippen LogP contribution in [-0.2, 0) is 36.7 Å². The smallest absolute Gasteiger partial charge is 0.326 e. The van der Waals surface area contributed by atoms with E-state index in [-0.39, 0.29) is 13.2 Å². The van der Waals surface area contributed by atoms with Gasteiger partial charge in [-0.3, -0.25) is 23.8 Å². The second-order valence-corrected chi connectivity index (χ2v) is 11.2. The Balaban J connectivity index is 1.51. The van der Waals surface area contributed by atoms with Crippen LogP contribution in [0.15, 0.2) is 54.6 Å². The number of carbonyl (C=O) groups is 3. The number of hydrogen-bond acceptors (Lipinski definition) is 5. The highest BCUT2D eigenvalue weighted by Gasteiger charge is 2.47. The van der Waals surface area contributed by atoms with Crippen LogP contribution in [0.3, 0.4) is 0 Å². The largest absolute Gasteiger partial charge is 0.459 e. The van der Waals surface area contributed by atoms with Gasteiger partial charge in [0.2, 0.25) is 11.8 Å².